The first-order valence-electron chi connectivity index (χ1n) is 5.86. The molecular formula is C11H23ClN4O2. The van der Waals surface area contributed by atoms with Crippen LogP contribution in [0.5, 0.6) is 0 Å². The van der Waals surface area contributed by atoms with Gasteiger partial charge in [0.2, 0.25) is 0 Å². The van der Waals surface area contributed by atoms with Gasteiger partial charge in [0.15, 0.2) is 5.96 Å². The Morgan fingerprint density at radius 2 is 2.11 bits per heavy atom. The van der Waals surface area contributed by atoms with Crippen molar-refractivity contribution in [2.45, 2.75) is 45.3 Å². The Morgan fingerprint density at radius 3 is 2.61 bits per heavy atom. The van der Waals surface area contributed by atoms with Crippen LogP contribution in [0.3, 0.4) is 0 Å². The van der Waals surface area contributed by atoms with E-state index in [0.29, 0.717) is 13.1 Å². The van der Waals surface area contributed by atoms with Crippen molar-refractivity contribution in [1.29, 1.82) is 5.41 Å². The number of ether oxygens (including phenoxy) is 1. The third-order valence-corrected chi connectivity index (χ3v) is 2.43. The average molecular weight is 279 g/mol. The lowest BCUT2D eigenvalue weighted by atomic mass is 10.1. The maximum absolute atomic E-state index is 11.8. The third kappa shape index (κ3) is 5.95. The fraction of sp³-hybridized carbons (Fsp3) is 0.818. The van der Waals surface area contributed by atoms with E-state index in [4.69, 9.17) is 15.9 Å². The van der Waals surface area contributed by atoms with Gasteiger partial charge < -0.3 is 20.7 Å². The summed E-state index contributed by atoms with van der Waals surface area (Å²) in [6.07, 6.45) is 1.51. The topological polar surface area (TPSA) is 91.4 Å². The molecule has 4 N–H and O–H groups in total. The number of carbonyl (C=O) groups is 1. The maximum Gasteiger partial charge on any atom is 0.410 e. The first kappa shape index (κ1) is 16.8. The minimum atomic E-state index is -0.474. The molecule has 0 radical (unpaired) electrons. The second-order valence-corrected chi connectivity index (χ2v) is 5.32. The summed E-state index contributed by atoms with van der Waals surface area (Å²) in [6, 6.07) is 0.0498. The quantitative estimate of drug-likeness (QED) is 0.498. The molecule has 7 heteroatoms. The molecule has 106 valence electrons. The number of carbonyl (C=O) groups excluding carboxylic acids is 1. The van der Waals surface area contributed by atoms with Crippen LogP contribution in [0.4, 0.5) is 4.79 Å². The van der Waals surface area contributed by atoms with E-state index in [1.54, 1.807) is 4.90 Å². The van der Waals surface area contributed by atoms with Crippen molar-refractivity contribution in [3.05, 3.63) is 0 Å². The van der Waals surface area contributed by atoms with E-state index in [9.17, 15) is 4.79 Å². The monoisotopic (exact) mass is 278 g/mol. The van der Waals surface area contributed by atoms with Crippen molar-refractivity contribution in [1.82, 2.24) is 10.2 Å². The SMILES string of the molecule is CC(C)(C)OC(=O)N1CCC[C@@H](NC(=N)N)C1.Cl. The van der Waals surface area contributed by atoms with Gasteiger partial charge in [-0.15, -0.1) is 12.4 Å². The summed E-state index contributed by atoms with van der Waals surface area (Å²) in [6.45, 7) is 6.78. The normalized spacial score (nSPS) is 19.7. The zero-order valence-corrected chi connectivity index (χ0v) is 12.0. The molecule has 6 nitrogen and oxygen atoms in total. The van der Waals surface area contributed by atoms with Crippen LogP contribution >= 0.6 is 12.4 Å². The second kappa shape index (κ2) is 6.68. The first-order chi connectivity index (χ1) is 7.78. The Morgan fingerprint density at radius 1 is 1.50 bits per heavy atom. The standard InChI is InChI=1S/C11H22N4O2.ClH/c1-11(2,3)17-10(16)15-6-4-5-8(7-15)14-9(12)13;/h8H,4-7H2,1-3H3,(H4,12,13,14);1H/t8-;/m1./s1. The molecule has 1 aliphatic heterocycles. The van der Waals surface area contributed by atoms with Crippen LogP contribution in [0.25, 0.3) is 0 Å². The number of rotatable bonds is 1. The Hall–Kier alpha value is -1.17. The van der Waals surface area contributed by atoms with Crippen molar-refractivity contribution in [2.75, 3.05) is 13.1 Å². The summed E-state index contributed by atoms with van der Waals surface area (Å²) in [5.74, 6) is -0.0546. The predicted octanol–water partition coefficient (Wildman–Crippen LogP) is 1.29. The molecule has 0 aromatic carbocycles. The van der Waals surface area contributed by atoms with E-state index < -0.39 is 5.60 Å². The number of halogens is 1. The average Bonchev–Trinajstić information content (AvgIpc) is 2.14. The molecule has 0 aromatic heterocycles. The van der Waals surface area contributed by atoms with Gasteiger partial charge in [0.1, 0.15) is 5.60 Å². The number of hydrogen-bond donors (Lipinski definition) is 3. The second-order valence-electron chi connectivity index (χ2n) is 5.32. The van der Waals surface area contributed by atoms with Gasteiger partial charge in [0.25, 0.3) is 0 Å². The number of guanidine groups is 1. The van der Waals surface area contributed by atoms with Gasteiger partial charge in [-0.25, -0.2) is 4.79 Å². The van der Waals surface area contributed by atoms with E-state index in [1.807, 2.05) is 20.8 Å². The van der Waals surface area contributed by atoms with Crippen molar-refractivity contribution < 1.29 is 9.53 Å². The highest BCUT2D eigenvalue weighted by molar-refractivity contribution is 5.85. The molecule has 0 spiro atoms. The van der Waals surface area contributed by atoms with Crippen molar-refractivity contribution in [2.24, 2.45) is 5.73 Å². The number of nitrogens with two attached hydrogens (primary N) is 1. The Labute approximate surface area is 114 Å². The van der Waals surface area contributed by atoms with Gasteiger partial charge in [-0.3, -0.25) is 5.41 Å². The molecule has 0 saturated carbocycles. The lowest BCUT2D eigenvalue weighted by Crippen LogP contribution is -2.51. The van der Waals surface area contributed by atoms with Crippen LogP contribution < -0.4 is 11.1 Å². The zero-order valence-electron chi connectivity index (χ0n) is 11.2. The molecule has 1 fully saturated rings. The molecule has 1 rings (SSSR count). The highest BCUT2D eigenvalue weighted by Gasteiger charge is 2.27. The van der Waals surface area contributed by atoms with Crippen LogP contribution in [0.15, 0.2) is 0 Å². The summed E-state index contributed by atoms with van der Waals surface area (Å²) >= 11 is 0. The molecule has 1 heterocycles. The lowest BCUT2D eigenvalue weighted by Gasteiger charge is -2.34. The molecule has 1 aliphatic rings. The van der Waals surface area contributed by atoms with E-state index in [2.05, 4.69) is 5.32 Å². The van der Waals surface area contributed by atoms with E-state index >= 15 is 0 Å². The van der Waals surface area contributed by atoms with Crippen LogP contribution in [-0.4, -0.2) is 41.7 Å². The molecular weight excluding hydrogens is 256 g/mol. The highest BCUT2D eigenvalue weighted by Crippen LogP contribution is 2.15. The number of hydrogen-bond acceptors (Lipinski definition) is 3. The number of nitrogens with zero attached hydrogens (tertiary/aromatic N) is 1. The third-order valence-electron chi connectivity index (χ3n) is 2.43. The van der Waals surface area contributed by atoms with Crippen molar-refractivity contribution >= 4 is 24.5 Å². The van der Waals surface area contributed by atoms with Gasteiger partial charge in [-0.2, -0.15) is 0 Å². The van der Waals surface area contributed by atoms with Crippen LogP contribution in [-0.2, 0) is 4.74 Å². The van der Waals surface area contributed by atoms with Crippen molar-refractivity contribution in [3.8, 4) is 0 Å². The Kier molecular flexibility index (Phi) is 6.25. The van der Waals surface area contributed by atoms with Crippen LogP contribution in [0.2, 0.25) is 0 Å². The molecule has 0 unspecified atom stereocenters. The molecule has 1 amide bonds. The van der Waals surface area contributed by atoms with Gasteiger partial charge in [-0.05, 0) is 33.6 Å². The number of amides is 1. The van der Waals surface area contributed by atoms with E-state index in [0.717, 1.165) is 12.8 Å². The van der Waals surface area contributed by atoms with Gasteiger partial charge >= 0.3 is 6.09 Å². The van der Waals surface area contributed by atoms with Crippen molar-refractivity contribution in [3.63, 3.8) is 0 Å². The maximum atomic E-state index is 11.8. The number of nitrogens with one attached hydrogen (secondary N) is 2. The summed E-state index contributed by atoms with van der Waals surface area (Å²) in [5, 5.41) is 10.0. The fourth-order valence-electron chi connectivity index (χ4n) is 1.81. The fourth-order valence-corrected chi connectivity index (χ4v) is 1.81. The van der Waals surface area contributed by atoms with Gasteiger partial charge in [-0.1, -0.05) is 0 Å². The summed E-state index contributed by atoms with van der Waals surface area (Å²) in [4.78, 5) is 13.5. The first-order valence-corrected chi connectivity index (χ1v) is 5.86. The number of piperidine rings is 1. The number of likely N-dealkylation sites (tertiary alicyclic amines) is 1. The molecule has 18 heavy (non-hydrogen) atoms. The van der Waals surface area contributed by atoms with Gasteiger partial charge in [0, 0.05) is 19.1 Å². The molecule has 0 aliphatic carbocycles. The van der Waals surface area contributed by atoms with Crippen LogP contribution in [0.1, 0.15) is 33.6 Å². The van der Waals surface area contributed by atoms with E-state index in [-0.39, 0.29) is 30.5 Å². The van der Waals surface area contributed by atoms with E-state index in [1.165, 1.54) is 0 Å². The molecule has 0 bridgehead atoms. The Bertz CT molecular complexity index is 304. The summed E-state index contributed by atoms with van der Waals surface area (Å²) in [7, 11) is 0. The zero-order chi connectivity index (χ0) is 13.1. The summed E-state index contributed by atoms with van der Waals surface area (Å²) in [5.41, 5.74) is 4.81. The lowest BCUT2D eigenvalue weighted by molar-refractivity contribution is 0.0194. The van der Waals surface area contributed by atoms with Gasteiger partial charge in [0.05, 0.1) is 0 Å². The predicted molar refractivity (Wildman–Crippen MR) is 73.1 cm³/mol. The summed E-state index contributed by atoms with van der Waals surface area (Å²) < 4.78 is 5.30. The minimum absolute atomic E-state index is 0. The molecule has 1 atom stereocenters. The largest absolute Gasteiger partial charge is 0.444 e. The smallest absolute Gasteiger partial charge is 0.410 e. The molecule has 0 aromatic rings. The highest BCUT2D eigenvalue weighted by atomic mass is 35.5. The van der Waals surface area contributed by atoms with Crippen LogP contribution in [0, 0.1) is 5.41 Å². The minimum Gasteiger partial charge on any atom is -0.444 e. The Balaban J connectivity index is 0.00000289. The molecule has 1 saturated heterocycles.